The predicted octanol–water partition coefficient (Wildman–Crippen LogP) is 6.34. The second kappa shape index (κ2) is 9.39. The number of ether oxygens (including phenoxy) is 2. The van der Waals surface area contributed by atoms with Crippen molar-refractivity contribution in [2.75, 3.05) is 6.61 Å². The van der Waals surface area contributed by atoms with Crippen LogP contribution in [0.1, 0.15) is 31.0 Å². The third-order valence-electron chi connectivity index (χ3n) is 4.93. The van der Waals surface area contributed by atoms with Crippen molar-refractivity contribution < 1.29 is 14.3 Å². The fourth-order valence-electron chi connectivity index (χ4n) is 3.51. The van der Waals surface area contributed by atoms with Crippen LogP contribution < -0.4 is 4.74 Å². The van der Waals surface area contributed by atoms with Gasteiger partial charge in [0, 0.05) is 27.4 Å². The van der Waals surface area contributed by atoms with Crippen LogP contribution in [0.25, 0.3) is 0 Å². The molecular weight excluding hydrogens is 455 g/mol. The van der Waals surface area contributed by atoms with Crippen molar-refractivity contribution in [3.63, 3.8) is 0 Å². The molecule has 0 saturated carbocycles. The van der Waals surface area contributed by atoms with Crippen LogP contribution in [0.3, 0.4) is 0 Å². The molecule has 2 aromatic rings. The zero-order valence-corrected chi connectivity index (χ0v) is 19.3. The summed E-state index contributed by atoms with van der Waals surface area (Å²) in [5, 5.41) is 3.87. The Bertz CT molecular complexity index is 1110. The van der Waals surface area contributed by atoms with E-state index >= 15 is 0 Å². The summed E-state index contributed by atoms with van der Waals surface area (Å²) < 4.78 is 11.5. The van der Waals surface area contributed by atoms with E-state index in [-0.39, 0.29) is 19.2 Å². The molecule has 160 valence electrons. The SMILES string of the molecule is CCOC(=O)C1=C(C)N=C2SC=CN2[C@H]1c1ccccc1OCc1ccc(Cl)cc1Cl. The van der Waals surface area contributed by atoms with Crippen molar-refractivity contribution in [1.29, 1.82) is 0 Å². The van der Waals surface area contributed by atoms with E-state index in [1.807, 2.05) is 53.8 Å². The molecule has 0 aromatic heterocycles. The highest BCUT2D eigenvalue weighted by atomic mass is 35.5. The Labute approximate surface area is 195 Å². The van der Waals surface area contributed by atoms with Gasteiger partial charge < -0.3 is 14.4 Å². The van der Waals surface area contributed by atoms with Crippen LogP contribution in [0.15, 0.2) is 70.3 Å². The van der Waals surface area contributed by atoms with Crippen LogP contribution >= 0.6 is 35.0 Å². The first-order valence-electron chi connectivity index (χ1n) is 9.73. The number of halogens is 2. The third kappa shape index (κ3) is 4.47. The van der Waals surface area contributed by atoms with Gasteiger partial charge in [0.1, 0.15) is 12.4 Å². The summed E-state index contributed by atoms with van der Waals surface area (Å²) in [6, 6.07) is 12.6. The Morgan fingerprint density at radius 2 is 2.03 bits per heavy atom. The largest absolute Gasteiger partial charge is 0.488 e. The van der Waals surface area contributed by atoms with Crippen molar-refractivity contribution in [2.24, 2.45) is 4.99 Å². The van der Waals surface area contributed by atoms with Gasteiger partial charge in [-0.15, -0.1) is 0 Å². The molecule has 31 heavy (non-hydrogen) atoms. The minimum atomic E-state index is -0.408. The van der Waals surface area contributed by atoms with E-state index in [0.717, 1.165) is 16.3 Å². The van der Waals surface area contributed by atoms with Crippen LogP contribution in [0.2, 0.25) is 10.0 Å². The van der Waals surface area contributed by atoms with Crippen LogP contribution in [0, 0.1) is 0 Å². The molecule has 0 aliphatic carbocycles. The highest BCUT2D eigenvalue weighted by Gasteiger charge is 2.38. The molecule has 1 atom stereocenters. The number of nitrogens with zero attached hydrogens (tertiary/aromatic N) is 2. The van der Waals surface area contributed by atoms with Gasteiger partial charge in [-0.05, 0) is 37.5 Å². The van der Waals surface area contributed by atoms with Gasteiger partial charge in [0.15, 0.2) is 5.17 Å². The van der Waals surface area contributed by atoms with Crippen molar-refractivity contribution in [3.8, 4) is 5.75 Å². The molecule has 0 unspecified atom stereocenters. The summed E-state index contributed by atoms with van der Waals surface area (Å²) >= 11 is 13.8. The minimum Gasteiger partial charge on any atom is -0.488 e. The van der Waals surface area contributed by atoms with Gasteiger partial charge in [-0.3, -0.25) is 0 Å². The minimum absolute atomic E-state index is 0.267. The summed E-state index contributed by atoms with van der Waals surface area (Å²) in [4.78, 5) is 19.4. The number of thioether (sulfide) groups is 1. The van der Waals surface area contributed by atoms with Crippen LogP contribution in [-0.4, -0.2) is 22.6 Å². The number of benzene rings is 2. The highest BCUT2D eigenvalue weighted by Crippen LogP contribution is 2.44. The molecule has 5 nitrogen and oxygen atoms in total. The number of aliphatic imine (C=N–C) groups is 1. The Morgan fingerprint density at radius 1 is 1.23 bits per heavy atom. The number of hydrogen-bond acceptors (Lipinski definition) is 6. The lowest BCUT2D eigenvalue weighted by Crippen LogP contribution is -2.34. The molecule has 2 aliphatic rings. The molecule has 0 N–H and O–H groups in total. The molecule has 2 aromatic carbocycles. The zero-order valence-electron chi connectivity index (χ0n) is 17.0. The number of rotatable bonds is 6. The topological polar surface area (TPSA) is 51.1 Å². The number of carbonyl (C=O) groups is 1. The van der Waals surface area contributed by atoms with Crippen LogP contribution in [0.5, 0.6) is 5.75 Å². The molecule has 4 rings (SSSR count). The van der Waals surface area contributed by atoms with Gasteiger partial charge in [0.05, 0.1) is 23.9 Å². The van der Waals surface area contributed by atoms with Crippen molar-refractivity contribution in [3.05, 3.63) is 86.5 Å². The molecular formula is C23H20Cl2N2O3S. The lowest BCUT2D eigenvalue weighted by molar-refractivity contribution is -0.139. The van der Waals surface area contributed by atoms with Gasteiger partial charge >= 0.3 is 5.97 Å². The maximum Gasteiger partial charge on any atom is 0.338 e. The molecule has 2 heterocycles. The lowest BCUT2D eigenvalue weighted by Gasteiger charge is -2.34. The molecule has 8 heteroatoms. The Hall–Kier alpha value is -2.41. The number of carbonyl (C=O) groups excluding carboxylic acids is 1. The number of para-hydroxylation sites is 1. The molecule has 0 radical (unpaired) electrons. The summed E-state index contributed by atoms with van der Waals surface area (Å²) in [7, 11) is 0. The molecule has 0 saturated heterocycles. The fourth-order valence-corrected chi connectivity index (χ4v) is 4.76. The van der Waals surface area contributed by atoms with E-state index in [4.69, 9.17) is 32.7 Å². The summed E-state index contributed by atoms with van der Waals surface area (Å²) in [6.07, 6.45) is 1.92. The van der Waals surface area contributed by atoms with Gasteiger partial charge in [0.2, 0.25) is 0 Å². The summed E-state index contributed by atoms with van der Waals surface area (Å²) in [5.41, 5.74) is 2.80. The molecule has 0 bridgehead atoms. The first-order valence-corrected chi connectivity index (χ1v) is 11.4. The number of allylic oxidation sites excluding steroid dienone is 1. The standard InChI is InChI=1S/C23H20Cl2N2O3S/c1-3-29-22(28)20-14(2)26-23-27(10-11-31-23)21(20)17-6-4-5-7-19(17)30-13-15-8-9-16(24)12-18(15)25/h4-12,21H,3,13H2,1-2H3/t21-/m0/s1. The van der Waals surface area contributed by atoms with Crippen LogP contribution in [0.4, 0.5) is 0 Å². The Kier molecular flexibility index (Phi) is 6.60. The number of esters is 1. The maximum absolute atomic E-state index is 12.9. The lowest BCUT2D eigenvalue weighted by atomic mass is 9.94. The van der Waals surface area contributed by atoms with E-state index < -0.39 is 6.04 Å². The fraction of sp³-hybridized carbons (Fsp3) is 0.217. The van der Waals surface area contributed by atoms with Gasteiger partial charge in [0.25, 0.3) is 0 Å². The average molecular weight is 475 g/mol. The molecule has 0 spiro atoms. The van der Waals surface area contributed by atoms with Crippen molar-refractivity contribution in [1.82, 2.24) is 4.90 Å². The second-order valence-electron chi connectivity index (χ2n) is 6.89. The quantitative estimate of drug-likeness (QED) is 0.457. The summed E-state index contributed by atoms with van der Waals surface area (Å²) in [6.45, 7) is 4.18. The zero-order chi connectivity index (χ0) is 22.0. The van der Waals surface area contributed by atoms with Crippen molar-refractivity contribution >= 4 is 46.1 Å². The molecule has 2 aliphatic heterocycles. The molecule has 0 amide bonds. The van der Waals surface area contributed by atoms with E-state index in [1.54, 1.807) is 19.1 Å². The van der Waals surface area contributed by atoms with E-state index in [1.165, 1.54) is 11.8 Å². The van der Waals surface area contributed by atoms with Gasteiger partial charge in [-0.2, -0.15) is 0 Å². The van der Waals surface area contributed by atoms with Gasteiger partial charge in [-0.25, -0.2) is 9.79 Å². The predicted molar refractivity (Wildman–Crippen MR) is 125 cm³/mol. The van der Waals surface area contributed by atoms with E-state index in [9.17, 15) is 4.79 Å². The van der Waals surface area contributed by atoms with Crippen LogP contribution in [-0.2, 0) is 16.1 Å². The van der Waals surface area contributed by atoms with E-state index in [0.29, 0.717) is 27.1 Å². The monoisotopic (exact) mass is 474 g/mol. The Balaban J connectivity index is 1.71. The second-order valence-corrected chi connectivity index (χ2v) is 8.61. The first kappa shape index (κ1) is 21.8. The van der Waals surface area contributed by atoms with E-state index in [2.05, 4.69) is 4.99 Å². The smallest absolute Gasteiger partial charge is 0.338 e. The number of amidine groups is 1. The Morgan fingerprint density at radius 3 is 2.81 bits per heavy atom. The summed E-state index contributed by atoms with van der Waals surface area (Å²) in [5.74, 6) is 0.272. The highest BCUT2D eigenvalue weighted by molar-refractivity contribution is 8.16. The molecule has 0 fully saturated rings. The number of fused-ring (bicyclic) bond motifs is 1. The maximum atomic E-state index is 12.9. The average Bonchev–Trinajstić information content (AvgIpc) is 3.20. The van der Waals surface area contributed by atoms with Crippen molar-refractivity contribution in [2.45, 2.75) is 26.5 Å². The first-order chi connectivity index (χ1) is 15.0. The normalized spacial score (nSPS) is 17.5. The number of hydrogen-bond donors (Lipinski definition) is 0. The van der Waals surface area contributed by atoms with Gasteiger partial charge in [-0.1, -0.05) is 59.2 Å². The third-order valence-corrected chi connectivity index (χ3v) is 6.29.